The Labute approximate surface area is 112 Å². The highest BCUT2D eigenvalue weighted by atomic mass is 16.5. The average Bonchev–Trinajstić information content (AvgIpc) is 2.39. The smallest absolute Gasteiger partial charge is 0.265 e. The second-order valence-corrected chi connectivity index (χ2v) is 4.26. The van der Waals surface area contributed by atoms with Crippen LogP contribution in [0.15, 0.2) is 18.2 Å². The molecule has 1 aliphatic heterocycles. The van der Waals surface area contributed by atoms with Crippen molar-refractivity contribution in [1.29, 1.82) is 0 Å². The Bertz CT molecular complexity index is 445. The number of nitrogen functional groups attached to an aromatic ring is 1. The summed E-state index contributed by atoms with van der Waals surface area (Å²) in [6.07, 6.45) is 0. The van der Waals surface area contributed by atoms with E-state index in [1.165, 1.54) is 0 Å². The highest BCUT2D eigenvalue weighted by Gasteiger charge is 2.15. The topological polar surface area (TPSA) is 76.8 Å². The van der Waals surface area contributed by atoms with Crippen molar-refractivity contribution < 1.29 is 14.3 Å². The predicted molar refractivity (Wildman–Crippen MR) is 71.9 cm³/mol. The molecule has 2 rings (SSSR count). The number of hydrogen-bond donors (Lipinski definition) is 2. The summed E-state index contributed by atoms with van der Waals surface area (Å²) in [6, 6.07) is 5.03. The van der Waals surface area contributed by atoms with Crippen molar-refractivity contribution in [2.45, 2.75) is 6.92 Å². The Balaban J connectivity index is 2.05. The number of benzene rings is 1. The van der Waals surface area contributed by atoms with E-state index in [1.807, 2.05) is 11.9 Å². The predicted octanol–water partition coefficient (Wildman–Crippen LogP) is 0.644. The van der Waals surface area contributed by atoms with E-state index in [0.29, 0.717) is 49.9 Å². The Morgan fingerprint density at radius 1 is 1.42 bits per heavy atom. The molecule has 1 aromatic rings. The Morgan fingerprint density at radius 3 is 2.84 bits per heavy atom. The monoisotopic (exact) mass is 265 g/mol. The molecule has 0 spiro atoms. The summed E-state index contributed by atoms with van der Waals surface area (Å²) in [7, 11) is 0. The van der Waals surface area contributed by atoms with Gasteiger partial charge in [-0.2, -0.15) is 0 Å². The second-order valence-electron chi connectivity index (χ2n) is 4.26. The summed E-state index contributed by atoms with van der Waals surface area (Å²) in [5.41, 5.74) is 9.61. The molecule has 0 bridgehead atoms. The summed E-state index contributed by atoms with van der Waals surface area (Å²) < 4.78 is 10.6. The van der Waals surface area contributed by atoms with Crippen LogP contribution >= 0.6 is 0 Å². The minimum absolute atomic E-state index is 0.185. The van der Waals surface area contributed by atoms with Gasteiger partial charge in [0.25, 0.3) is 5.91 Å². The second kappa shape index (κ2) is 6.40. The molecule has 3 N–H and O–H groups in total. The third-order valence-electron chi connectivity index (χ3n) is 2.77. The number of carbonyl (C=O) groups is 1. The maximum absolute atomic E-state index is 12.1. The summed E-state index contributed by atoms with van der Waals surface area (Å²) in [5.74, 6) is 0.421. The first-order valence-corrected chi connectivity index (χ1v) is 6.36. The zero-order valence-electron chi connectivity index (χ0n) is 11.0. The van der Waals surface area contributed by atoms with Crippen LogP contribution in [-0.4, -0.2) is 43.8 Å². The van der Waals surface area contributed by atoms with Crippen LogP contribution in [0.5, 0.6) is 5.75 Å². The number of rotatable bonds is 4. The lowest BCUT2D eigenvalue weighted by molar-refractivity contribution is 0.0126. The van der Waals surface area contributed by atoms with Crippen LogP contribution in [-0.2, 0) is 4.74 Å². The van der Waals surface area contributed by atoms with Crippen LogP contribution in [0.1, 0.15) is 17.3 Å². The molecular weight excluding hydrogens is 246 g/mol. The van der Waals surface area contributed by atoms with Crippen molar-refractivity contribution in [2.24, 2.45) is 0 Å². The first kappa shape index (κ1) is 13.6. The van der Waals surface area contributed by atoms with E-state index in [1.54, 1.807) is 18.2 Å². The van der Waals surface area contributed by atoms with Gasteiger partial charge < -0.3 is 15.2 Å². The summed E-state index contributed by atoms with van der Waals surface area (Å²) in [6.45, 7) is 5.05. The number of nitrogens with one attached hydrogen (secondary N) is 1. The van der Waals surface area contributed by atoms with Crippen molar-refractivity contribution in [3.05, 3.63) is 23.8 Å². The third kappa shape index (κ3) is 3.84. The summed E-state index contributed by atoms with van der Waals surface area (Å²) in [5, 5.41) is 1.84. The van der Waals surface area contributed by atoms with Crippen molar-refractivity contribution in [2.75, 3.05) is 38.6 Å². The van der Waals surface area contributed by atoms with Gasteiger partial charge in [0.05, 0.1) is 19.8 Å². The van der Waals surface area contributed by atoms with Crippen LogP contribution in [0.3, 0.4) is 0 Å². The molecule has 0 aliphatic carbocycles. The van der Waals surface area contributed by atoms with E-state index >= 15 is 0 Å². The molecule has 0 atom stereocenters. The number of ether oxygens (including phenoxy) is 2. The summed E-state index contributed by atoms with van der Waals surface area (Å²) >= 11 is 0. The van der Waals surface area contributed by atoms with Crippen LogP contribution in [0.2, 0.25) is 0 Å². The lowest BCUT2D eigenvalue weighted by Crippen LogP contribution is -2.48. The van der Waals surface area contributed by atoms with Gasteiger partial charge in [0, 0.05) is 30.4 Å². The molecule has 19 heavy (non-hydrogen) atoms. The minimum Gasteiger partial charge on any atom is -0.494 e. The van der Waals surface area contributed by atoms with Gasteiger partial charge in [-0.25, -0.2) is 5.01 Å². The molecule has 0 unspecified atom stereocenters. The highest BCUT2D eigenvalue weighted by Crippen LogP contribution is 2.19. The van der Waals surface area contributed by atoms with Gasteiger partial charge >= 0.3 is 0 Å². The molecule has 6 heteroatoms. The quantitative estimate of drug-likeness (QED) is 0.781. The van der Waals surface area contributed by atoms with E-state index in [0.717, 1.165) is 0 Å². The van der Waals surface area contributed by atoms with E-state index in [2.05, 4.69) is 5.43 Å². The molecule has 1 fully saturated rings. The van der Waals surface area contributed by atoms with Gasteiger partial charge in [0.2, 0.25) is 0 Å². The Kier molecular flexibility index (Phi) is 4.59. The fraction of sp³-hybridized carbons (Fsp3) is 0.462. The number of hydrogen-bond acceptors (Lipinski definition) is 5. The fourth-order valence-electron chi connectivity index (χ4n) is 1.89. The van der Waals surface area contributed by atoms with Crippen molar-refractivity contribution in [3.8, 4) is 5.75 Å². The Morgan fingerprint density at radius 2 is 2.16 bits per heavy atom. The SMILES string of the molecule is CCOc1cc(N)cc(C(=O)NN2CCOCC2)c1. The average molecular weight is 265 g/mol. The maximum Gasteiger partial charge on any atom is 0.265 e. The van der Waals surface area contributed by atoms with Gasteiger partial charge in [-0.15, -0.1) is 0 Å². The number of amides is 1. The van der Waals surface area contributed by atoms with E-state index in [4.69, 9.17) is 15.2 Å². The summed E-state index contributed by atoms with van der Waals surface area (Å²) in [4.78, 5) is 12.1. The zero-order chi connectivity index (χ0) is 13.7. The largest absolute Gasteiger partial charge is 0.494 e. The van der Waals surface area contributed by atoms with E-state index < -0.39 is 0 Å². The normalized spacial score (nSPS) is 16.1. The van der Waals surface area contributed by atoms with E-state index in [-0.39, 0.29) is 5.91 Å². The molecule has 1 aromatic carbocycles. The van der Waals surface area contributed by atoms with Crippen LogP contribution in [0.4, 0.5) is 5.69 Å². The van der Waals surface area contributed by atoms with Crippen molar-refractivity contribution in [1.82, 2.24) is 10.4 Å². The van der Waals surface area contributed by atoms with Crippen molar-refractivity contribution in [3.63, 3.8) is 0 Å². The fourth-order valence-corrected chi connectivity index (χ4v) is 1.89. The van der Waals surface area contributed by atoms with Crippen LogP contribution in [0.25, 0.3) is 0 Å². The molecule has 1 heterocycles. The molecule has 0 aromatic heterocycles. The molecule has 104 valence electrons. The van der Waals surface area contributed by atoms with Gasteiger partial charge in [-0.1, -0.05) is 0 Å². The lowest BCUT2D eigenvalue weighted by atomic mass is 10.2. The van der Waals surface area contributed by atoms with Gasteiger partial charge in [-0.05, 0) is 19.1 Å². The first-order chi connectivity index (χ1) is 9.19. The number of carbonyl (C=O) groups excluding carboxylic acids is 1. The van der Waals surface area contributed by atoms with Gasteiger partial charge in [-0.3, -0.25) is 10.2 Å². The molecular formula is C13H19N3O3. The van der Waals surface area contributed by atoms with Crippen LogP contribution < -0.4 is 15.9 Å². The minimum atomic E-state index is -0.185. The van der Waals surface area contributed by atoms with Gasteiger partial charge in [0.1, 0.15) is 5.75 Å². The number of anilines is 1. The molecule has 6 nitrogen and oxygen atoms in total. The zero-order valence-corrected chi connectivity index (χ0v) is 11.0. The maximum atomic E-state index is 12.1. The first-order valence-electron chi connectivity index (χ1n) is 6.36. The Hall–Kier alpha value is -1.79. The molecule has 1 aliphatic rings. The number of nitrogens with two attached hydrogens (primary N) is 1. The molecule has 0 saturated carbocycles. The van der Waals surface area contributed by atoms with Crippen molar-refractivity contribution >= 4 is 11.6 Å². The van der Waals surface area contributed by atoms with Gasteiger partial charge in [0.15, 0.2) is 0 Å². The standard InChI is InChI=1S/C13H19N3O3/c1-2-19-12-8-10(7-11(14)9-12)13(17)15-16-3-5-18-6-4-16/h7-9H,2-6,14H2,1H3,(H,15,17). The molecule has 1 amide bonds. The number of morpholine rings is 1. The lowest BCUT2D eigenvalue weighted by Gasteiger charge is -2.27. The van der Waals surface area contributed by atoms with E-state index in [9.17, 15) is 4.79 Å². The molecule has 0 radical (unpaired) electrons. The highest BCUT2D eigenvalue weighted by molar-refractivity contribution is 5.95. The number of nitrogens with zero attached hydrogens (tertiary/aromatic N) is 1. The third-order valence-corrected chi connectivity index (χ3v) is 2.77. The molecule has 1 saturated heterocycles. The number of hydrazine groups is 1. The van der Waals surface area contributed by atoms with Crippen LogP contribution in [0, 0.1) is 0 Å².